The van der Waals surface area contributed by atoms with Gasteiger partial charge in [-0.25, -0.2) is 0 Å². The number of likely N-dealkylation sites (tertiary alicyclic amines) is 1. The maximum atomic E-state index is 10.7. The molecule has 1 atom stereocenters. The Kier molecular flexibility index (Phi) is 3.65. The Morgan fingerprint density at radius 3 is 2.20 bits per heavy atom. The monoisotopic (exact) mass is 251 g/mol. The molecule has 1 saturated heterocycles. The van der Waals surface area contributed by atoms with Crippen molar-refractivity contribution in [2.45, 2.75) is 11.7 Å². The molecule has 0 aromatic heterocycles. The van der Waals surface area contributed by atoms with Gasteiger partial charge >= 0.3 is 22.4 Å². The number of amides is 2. The van der Waals surface area contributed by atoms with Crippen molar-refractivity contribution in [1.82, 2.24) is 4.90 Å². The van der Waals surface area contributed by atoms with Gasteiger partial charge in [0.2, 0.25) is 11.8 Å². The average molecular weight is 252 g/mol. The summed E-state index contributed by atoms with van der Waals surface area (Å²) in [6.45, 7) is 0. The number of imide groups is 1. The van der Waals surface area contributed by atoms with Gasteiger partial charge in [0.05, 0.1) is 0 Å². The number of hydrogen-bond donors (Lipinski definition) is 0. The summed E-state index contributed by atoms with van der Waals surface area (Å²) in [6.07, 6.45) is 0.199. The molecule has 1 heterocycles. The van der Waals surface area contributed by atoms with E-state index in [1.165, 1.54) is 7.05 Å². The molecule has 2 amide bonds. The molecule has 1 aliphatic heterocycles. The largest absolute Gasteiger partial charge is 1.00 e. The fraction of sp³-hybridized carbons (Fsp3) is 0.600. The first-order valence-corrected chi connectivity index (χ1v) is 3.06. The standard InChI is InChI=1S/C5H7NO2S.Ag/c1-6-4(7)2-3(9)5(6)8;/h3,9H,2H2,1H3;/q;+1/p-1. The molecule has 1 fully saturated rings. The molecule has 0 radical (unpaired) electrons. The summed E-state index contributed by atoms with van der Waals surface area (Å²) >= 11 is 4.67. The molecule has 0 N–H and O–H groups in total. The van der Waals surface area contributed by atoms with Crippen LogP contribution in [0, 0.1) is 0 Å². The van der Waals surface area contributed by atoms with Crippen molar-refractivity contribution in [2.75, 3.05) is 7.05 Å². The van der Waals surface area contributed by atoms with Gasteiger partial charge in [-0.05, 0) is 0 Å². The van der Waals surface area contributed by atoms with Crippen LogP contribution in [-0.2, 0) is 44.6 Å². The average Bonchev–Trinajstić information content (AvgIpc) is 1.98. The predicted octanol–water partition coefficient (Wildman–Crippen LogP) is -0.712. The molecule has 10 heavy (non-hydrogen) atoms. The van der Waals surface area contributed by atoms with Crippen LogP contribution in [0.3, 0.4) is 0 Å². The van der Waals surface area contributed by atoms with E-state index in [1.807, 2.05) is 0 Å². The second-order valence-corrected chi connectivity index (χ2v) is 2.55. The number of carbonyl (C=O) groups is 2. The van der Waals surface area contributed by atoms with Crippen LogP contribution >= 0.6 is 0 Å². The zero-order valence-electron chi connectivity index (χ0n) is 5.26. The van der Waals surface area contributed by atoms with Gasteiger partial charge in [-0.3, -0.25) is 14.5 Å². The van der Waals surface area contributed by atoms with E-state index >= 15 is 0 Å². The van der Waals surface area contributed by atoms with Crippen molar-refractivity contribution in [1.29, 1.82) is 0 Å². The van der Waals surface area contributed by atoms with E-state index in [-0.39, 0.29) is 40.6 Å². The molecule has 0 bridgehead atoms. The maximum absolute atomic E-state index is 10.7. The van der Waals surface area contributed by atoms with Crippen LogP contribution in [0.15, 0.2) is 0 Å². The van der Waals surface area contributed by atoms with Crippen LogP contribution in [0.2, 0.25) is 0 Å². The van der Waals surface area contributed by atoms with E-state index in [4.69, 9.17) is 0 Å². The van der Waals surface area contributed by atoms with E-state index in [2.05, 4.69) is 12.6 Å². The summed E-state index contributed by atoms with van der Waals surface area (Å²) in [5.74, 6) is -0.407. The third-order valence-electron chi connectivity index (χ3n) is 1.34. The number of rotatable bonds is 0. The SMILES string of the molecule is CN1C(=O)CC([S-])C1=O.[Ag+]. The minimum Gasteiger partial charge on any atom is -0.779 e. The zero-order chi connectivity index (χ0) is 7.02. The van der Waals surface area contributed by atoms with Gasteiger partial charge in [-0.2, -0.15) is 0 Å². The van der Waals surface area contributed by atoms with E-state index < -0.39 is 5.25 Å². The molecule has 0 aromatic carbocycles. The first-order valence-electron chi connectivity index (χ1n) is 2.59. The summed E-state index contributed by atoms with van der Waals surface area (Å²) in [7, 11) is 1.46. The van der Waals surface area contributed by atoms with Crippen molar-refractivity contribution in [3.05, 3.63) is 0 Å². The van der Waals surface area contributed by atoms with Crippen molar-refractivity contribution >= 4 is 24.4 Å². The molecule has 0 saturated carbocycles. The number of hydrogen-bond acceptors (Lipinski definition) is 3. The molecule has 1 rings (SSSR count). The normalized spacial score (nSPS) is 25.0. The Hall–Kier alpha value is 0.230. The van der Waals surface area contributed by atoms with Gasteiger partial charge in [-0.15, -0.1) is 0 Å². The van der Waals surface area contributed by atoms with Crippen LogP contribution in [0.25, 0.3) is 0 Å². The van der Waals surface area contributed by atoms with Crippen molar-refractivity contribution in [3.63, 3.8) is 0 Å². The van der Waals surface area contributed by atoms with Crippen molar-refractivity contribution in [2.24, 2.45) is 0 Å². The topological polar surface area (TPSA) is 37.4 Å². The summed E-state index contributed by atoms with van der Waals surface area (Å²) in [6, 6.07) is 0. The Morgan fingerprint density at radius 1 is 1.60 bits per heavy atom. The van der Waals surface area contributed by atoms with E-state index in [9.17, 15) is 9.59 Å². The first kappa shape index (κ1) is 10.2. The smallest absolute Gasteiger partial charge is 0.779 e. The maximum Gasteiger partial charge on any atom is 1.00 e. The summed E-state index contributed by atoms with van der Waals surface area (Å²) in [5, 5.41) is -0.512. The molecule has 0 spiro atoms. The minimum absolute atomic E-state index is 0. The quantitative estimate of drug-likeness (QED) is 0.324. The summed E-state index contributed by atoms with van der Waals surface area (Å²) in [4.78, 5) is 22.4. The Bertz CT molecular complexity index is 173. The third-order valence-corrected chi connectivity index (χ3v) is 1.71. The van der Waals surface area contributed by atoms with Crippen LogP contribution in [0.5, 0.6) is 0 Å². The summed E-state index contributed by atoms with van der Waals surface area (Å²) in [5.41, 5.74) is 0. The van der Waals surface area contributed by atoms with Gasteiger partial charge in [0.1, 0.15) is 0 Å². The Balaban J connectivity index is 0.000000810. The second kappa shape index (κ2) is 3.57. The molecule has 3 nitrogen and oxygen atoms in total. The molecule has 1 aliphatic rings. The molecule has 1 unspecified atom stereocenters. The molecule has 5 heteroatoms. The fourth-order valence-corrected chi connectivity index (χ4v) is 1.02. The first-order chi connectivity index (χ1) is 4.13. The van der Waals surface area contributed by atoms with Gasteiger partial charge in [-0.1, -0.05) is 5.25 Å². The van der Waals surface area contributed by atoms with Gasteiger partial charge in [0.15, 0.2) is 0 Å². The van der Waals surface area contributed by atoms with Crippen LogP contribution < -0.4 is 0 Å². The predicted molar refractivity (Wildman–Crippen MR) is 33.5 cm³/mol. The number of nitrogens with zero attached hydrogens (tertiary/aromatic N) is 1. The number of carbonyl (C=O) groups excluding carboxylic acids is 2. The molecular formula is C5H6AgNO2S. The van der Waals surface area contributed by atoms with E-state index in [0.29, 0.717) is 0 Å². The van der Waals surface area contributed by atoms with Crippen LogP contribution in [0.4, 0.5) is 0 Å². The van der Waals surface area contributed by atoms with Crippen LogP contribution in [-0.4, -0.2) is 29.0 Å². The third kappa shape index (κ3) is 1.63. The summed E-state index contributed by atoms with van der Waals surface area (Å²) < 4.78 is 0. The molecular weight excluding hydrogens is 246 g/mol. The molecule has 0 aromatic rings. The molecule has 60 valence electrons. The van der Waals surface area contributed by atoms with Gasteiger partial charge in [0.25, 0.3) is 0 Å². The van der Waals surface area contributed by atoms with Gasteiger partial charge < -0.3 is 12.6 Å². The van der Waals surface area contributed by atoms with Gasteiger partial charge in [0, 0.05) is 13.5 Å². The van der Waals surface area contributed by atoms with E-state index in [0.717, 1.165) is 4.90 Å². The second-order valence-electron chi connectivity index (χ2n) is 1.98. The zero-order valence-corrected chi connectivity index (χ0v) is 7.56. The Labute approximate surface area is 80.1 Å². The molecule has 0 aliphatic carbocycles. The Morgan fingerprint density at radius 2 is 2.10 bits per heavy atom. The van der Waals surface area contributed by atoms with E-state index in [1.54, 1.807) is 0 Å². The van der Waals surface area contributed by atoms with Crippen molar-refractivity contribution in [3.8, 4) is 0 Å². The van der Waals surface area contributed by atoms with Crippen LogP contribution in [0.1, 0.15) is 6.42 Å². The fourth-order valence-electron chi connectivity index (χ4n) is 0.722. The minimum atomic E-state index is -0.512. The van der Waals surface area contributed by atoms with Crippen molar-refractivity contribution < 1.29 is 32.0 Å².